The van der Waals surface area contributed by atoms with Crippen LogP contribution in [0.5, 0.6) is 0 Å². The van der Waals surface area contributed by atoms with E-state index < -0.39 is 6.61 Å². The third kappa shape index (κ3) is 4.40. The minimum Gasteiger partial charge on any atom is -0.395 e. The van der Waals surface area contributed by atoms with Gasteiger partial charge in [0.1, 0.15) is 6.61 Å². The van der Waals surface area contributed by atoms with Crippen molar-refractivity contribution in [2.45, 2.75) is 25.7 Å². The van der Waals surface area contributed by atoms with Crippen molar-refractivity contribution in [3.05, 3.63) is 59.2 Å². The van der Waals surface area contributed by atoms with Gasteiger partial charge in [0.2, 0.25) is 5.91 Å². The molecule has 1 amide bonds. The van der Waals surface area contributed by atoms with Gasteiger partial charge in [-0.05, 0) is 61.1 Å². The van der Waals surface area contributed by atoms with Crippen molar-refractivity contribution in [2.24, 2.45) is 0 Å². The van der Waals surface area contributed by atoms with E-state index in [-0.39, 0.29) is 31.4 Å². The van der Waals surface area contributed by atoms with E-state index in [4.69, 9.17) is 0 Å². The van der Waals surface area contributed by atoms with Crippen molar-refractivity contribution in [3.8, 4) is 0 Å². The second kappa shape index (κ2) is 9.48. The summed E-state index contributed by atoms with van der Waals surface area (Å²) in [5.74, 6) is -0.403. The Morgan fingerprint density at radius 3 is 2.36 bits per heavy atom. The number of nitrogens with one attached hydrogen (secondary N) is 1. The number of fused-ring (bicyclic) bond motifs is 1. The van der Waals surface area contributed by atoms with Gasteiger partial charge < -0.3 is 20.4 Å². The molecule has 0 radical (unpaired) electrons. The zero-order valence-electron chi connectivity index (χ0n) is 15.9. The molecule has 0 aliphatic heterocycles. The van der Waals surface area contributed by atoms with Crippen LogP contribution in [0.15, 0.2) is 42.5 Å². The van der Waals surface area contributed by atoms with E-state index in [2.05, 4.69) is 5.32 Å². The Morgan fingerprint density at radius 2 is 1.68 bits per heavy atom. The van der Waals surface area contributed by atoms with Crippen LogP contribution in [0.1, 0.15) is 34.3 Å². The Bertz CT molecular complexity index is 836. The van der Waals surface area contributed by atoms with Crippen molar-refractivity contribution >= 4 is 23.1 Å². The van der Waals surface area contributed by atoms with Crippen LogP contribution in [0, 0.1) is 0 Å². The molecule has 0 fully saturated rings. The van der Waals surface area contributed by atoms with Crippen LogP contribution >= 0.6 is 0 Å². The lowest BCUT2D eigenvalue weighted by Gasteiger charge is -2.25. The number of benzene rings is 2. The van der Waals surface area contributed by atoms with Crippen LogP contribution in [0.25, 0.3) is 0 Å². The second-order valence-electron chi connectivity index (χ2n) is 6.86. The molecule has 148 valence electrons. The maximum atomic E-state index is 12.8. The molecule has 0 saturated carbocycles. The molecule has 28 heavy (non-hydrogen) atoms. The Labute approximate surface area is 164 Å². The topological polar surface area (TPSA) is 89.9 Å². The van der Waals surface area contributed by atoms with E-state index in [0.29, 0.717) is 5.56 Å². The Balaban J connectivity index is 1.78. The highest BCUT2D eigenvalue weighted by molar-refractivity contribution is 6.00. The predicted octanol–water partition coefficient (Wildman–Crippen LogP) is 2.18. The first-order valence-corrected chi connectivity index (χ1v) is 9.64. The number of nitrogens with zero attached hydrogens (tertiary/aromatic N) is 1. The van der Waals surface area contributed by atoms with E-state index in [9.17, 15) is 19.8 Å². The monoisotopic (exact) mass is 382 g/mol. The van der Waals surface area contributed by atoms with Crippen LogP contribution in [0.3, 0.4) is 0 Å². The summed E-state index contributed by atoms with van der Waals surface area (Å²) in [5.41, 5.74) is 4.23. The average Bonchev–Trinajstić information content (AvgIpc) is 2.75. The summed E-state index contributed by atoms with van der Waals surface area (Å²) in [6.07, 6.45) is 3.70. The van der Waals surface area contributed by atoms with Crippen molar-refractivity contribution in [1.82, 2.24) is 0 Å². The number of Topliss-reactive ketones (excluding diaryl/α,β-unsaturated/α-hetero) is 1. The molecule has 1 aliphatic rings. The summed E-state index contributed by atoms with van der Waals surface area (Å²) in [5, 5.41) is 21.8. The fraction of sp³-hybridized carbons (Fsp3) is 0.364. The highest BCUT2D eigenvalue weighted by atomic mass is 16.3. The largest absolute Gasteiger partial charge is 0.395 e. The number of carbonyl (C=O) groups excluding carboxylic acids is 2. The molecule has 2 aromatic rings. The van der Waals surface area contributed by atoms with E-state index in [1.54, 1.807) is 11.0 Å². The quantitative estimate of drug-likeness (QED) is 0.609. The third-order valence-corrected chi connectivity index (χ3v) is 5.10. The van der Waals surface area contributed by atoms with Crippen LogP contribution < -0.4 is 10.2 Å². The first kappa shape index (κ1) is 20.0. The minimum atomic E-state index is -0.495. The number of hydrogen-bond donors (Lipinski definition) is 3. The number of para-hydroxylation sites is 1. The number of aliphatic hydroxyl groups is 2. The molecule has 3 rings (SSSR count). The van der Waals surface area contributed by atoms with Crippen LogP contribution in [-0.2, 0) is 17.6 Å². The second-order valence-corrected chi connectivity index (χ2v) is 6.86. The normalized spacial score (nSPS) is 12.9. The first-order chi connectivity index (χ1) is 13.7. The maximum absolute atomic E-state index is 12.8. The SMILES string of the molecule is O=C(CO)c1ccc(NCC(=O)N(CCO)c2ccccc2)c2c1CCCC2. The lowest BCUT2D eigenvalue weighted by molar-refractivity contribution is -0.117. The molecule has 0 unspecified atom stereocenters. The number of amides is 1. The Hall–Kier alpha value is -2.70. The number of carbonyl (C=O) groups is 2. The van der Waals surface area contributed by atoms with Gasteiger partial charge in [-0.15, -0.1) is 0 Å². The summed E-state index contributed by atoms with van der Waals surface area (Å²) < 4.78 is 0. The molecule has 0 aromatic heterocycles. The lowest BCUT2D eigenvalue weighted by Crippen LogP contribution is -2.37. The zero-order chi connectivity index (χ0) is 19.9. The van der Waals surface area contributed by atoms with Gasteiger partial charge in [0.25, 0.3) is 0 Å². The fourth-order valence-corrected chi connectivity index (χ4v) is 3.75. The van der Waals surface area contributed by atoms with E-state index in [1.165, 1.54) is 0 Å². The molecule has 2 aromatic carbocycles. The standard InChI is InChI=1S/C22H26N2O4/c25-13-12-24(16-6-2-1-3-7-16)22(28)14-23-20-11-10-19(21(27)15-26)17-8-4-5-9-18(17)20/h1-3,6-7,10-11,23,25-26H,4-5,8-9,12-15H2. The summed E-state index contributed by atoms with van der Waals surface area (Å²) >= 11 is 0. The summed E-state index contributed by atoms with van der Waals surface area (Å²) in [7, 11) is 0. The van der Waals surface area contributed by atoms with Gasteiger partial charge in [-0.2, -0.15) is 0 Å². The summed E-state index contributed by atoms with van der Waals surface area (Å²) in [4.78, 5) is 26.3. The average molecular weight is 382 g/mol. The maximum Gasteiger partial charge on any atom is 0.246 e. The molecule has 1 aliphatic carbocycles. The highest BCUT2D eigenvalue weighted by Crippen LogP contribution is 2.31. The van der Waals surface area contributed by atoms with Gasteiger partial charge in [-0.1, -0.05) is 18.2 Å². The molecule has 0 bridgehead atoms. The smallest absolute Gasteiger partial charge is 0.246 e. The van der Waals surface area contributed by atoms with Gasteiger partial charge in [-0.3, -0.25) is 9.59 Å². The van der Waals surface area contributed by atoms with Crippen LogP contribution in [0.2, 0.25) is 0 Å². The molecule has 6 heteroatoms. The third-order valence-electron chi connectivity index (χ3n) is 5.10. The predicted molar refractivity (Wildman–Crippen MR) is 109 cm³/mol. The van der Waals surface area contributed by atoms with Crippen LogP contribution in [0.4, 0.5) is 11.4 Å². The molecule has 6 nitrogen and oxygen atoms in total. The van der Waals surface area contributed by atoms with Crippen molar-refractivity contribution in [2.75, 3.05) is 36.5 Å². The van der Waals surface area contributed by atoms with Gasteiger partial charge in [0.05, 0.1) is 13.2 Å². The summed E-state index contributed by atoms with van der Waals surface area (Å²) in [6.45, 7) is -0.292. The number of aliphatic hydroxyl groups excluding tert-OH is 2. The molecule has 0 saturated heterocycles. The van der Waals surface area contributed by atoms with E-state index >= 15 is 0 Å². The van der Waals surface area contributed by atoms with Crippen LogP contribution in [-0.4, -0.2) is 48.2 Å². The lowest BCUT2D eigenvalue weighted by atomic mass is 9.86. The zero-order valence-corrected chi connectivity index (χ0v) is 15.9. The molecule has 0 atom stereocenters. The number of hydrogen-bond acceptors (Lipinski definition) is 5. The molecule has 0 heterocycles. The highest BCUT2D eigenvalue weighted by Gasteiger charge is 2.21. The molecular weight excluding hydrogens is 356 g/mol. The Morgan fingerprint density at radius 1 is 0.964 bits per heavy atom. The van der Waals surface area contributed by atoms with E-state index in [1.807, 2.05) is 36.4 Å². The van der Waals surface area contributed by atoms with Gasteiger partial charge in [0, 0.05) is 23.5 Å². The number of ketones is 1. The summed E-state index contributed by atoms with van der Waals surface area (Å²) in [6, 6.07) is 12.8. The van der Waals surface area contributed by atoms with Gasteiger partial charge in [-0.25, -0.2) is 0 Å². The van der Waals surface area contributed by atoms with Crippen molar-refractivity contribution < 1.29 is 19.8 Å². The molecule has 0 spiro atoms. The van der Waals surface area contributed by atoms with Gasteiger partial charge in [0.15, 0.2) is 5.78 Å². The van der Waals surface area contributed by atoms with Crippen molar-refractivity contribution in [1.29, 1.82) is 0 Å². The molecular formula is C22H26N2O4. The van der Waals surface area contributed by atoms with Crippen molar-refractivity contribution in [3.63, 3.8) is 0 Å². The van der Waals surface area contributed by atoms with Gasteiger partial charge >= 0.3 is 0 Å². The number of rotatable bonds is 8. The number of anilines is 2. The fourth-order valence-electron chi connectivity index (χ4n) is 3.75. The first-order valence-electron chi connectivity index (χ1n) is 9.64. The Kier molecular flexibility index (Phi) is 6.79. The van der Waals surface area contributed by atoms with E-state index in [0.717, 1.165) is 48.2 Å². The molecule has 3 N–H and O–H groups in total. The minimum absolute atomic E-state index is 0.0919.